The Hall–Kier alpha value is -1.69. The monoisotopic (exact) mass is 317 g/mol. The third kappa shape index (κ3) is 2.21. The predicted molar refractivity (Wildman–Crippen MR) is 59.0 cm³/mol. The average Bonchev–Trinajstić information content (AvgIpc) is 2.16. The molecule has 15 heavy (non-hydrogen) atoms. The van der Waals surface area contributed by atoms with Crippen molar-refractivity contribution in [2.75, 3.05) is 0 Å². The van der Waals surface area contributed by atoms with E-state index in [4.69, 9.17) is 11.0 Å². The van der Waals surface area contributed by atoms with Crippen molar-refractivity contribution < 1.29 is 9.72 Å². The first kappa shape index (κ1) is 11.4. The molecule has 1 amide bonds. The van der Waals surface area contributed by atoms with Crippen LogP contribution in [0.5, 0.6) is 0 Å². The van der Waals surface area contributed by atoms with Crippen molar-refractivity contribution in [2.24, 2.45) is 5.73 Å². The van der Waals surface area contributed by atoms with E-state index in [2.05, 4.69) is 0 Å². The van der Waals surface area contributed by atoms with Gasteiger partial charge in [-0.15, -0.1) is 0 Å². The molecule has 76 valence electrons. The summed E-state index contributed by atoms with van der Waals surface area (Å²) in [5.41, 5.74) is 4.69. The van der Waals surface area contributed by atoms with Crippen molar-refractivity contribution in [3.63, 3.8) is 0 Å². The van der Waals surface area contributed by atoms with Gasteiger partial charge in [0.2, 0.25) is 5.91 Å². The summed E-state index contributed by atoms with van der Waals surface area (Å²) in [6.45, 7) is 0. The molecule has 0 heterocycles. The van der Waals surface area contributed by atoms with Gasteiger partial charge < -0.3 is 5.73 Å². The van der Waals surface area contributed by atoms with E-state index in [-0.39, 0.29) is 16.8 Å². The minimum Gasteiger partial charge on any atom is -0.366 e. The molecule has 0 unspecified atom stereocenters. The van der Waals surface area contributed by atoms with Gasteiger partial charge in [-0.2, -0.15) is 5.26 Å². The van der Waals surface area contributed by atoms with Crippen LogP contribution in [-0.4, -0.2) is 10.8 Å². The molecule has 2 N–H and O–H groups in total. The minimum absolute atomic E-state index is 0.0636. The molecule has 0 radical (unpaired) electrons. The van der Waals surface area contributed by atoms with E-state index in [1.807, 2.05) is 0 Å². The van der Waals surface area contributed by atoms with Crippen molar-refractivity contribution in [1.29, 1.82) is 5.26 Å². The molecule has 6 nitrogen and oxygen atoms in total. The Morgan fingerprint density at radius 1 is 1.60 bits per heavy atom. The first-order valence-electron chi connectivity index (χ1n) is 3.65. The highest BCUT2D eigenvalue weighted by Crippen LogP contribution is 2.23. The lowest BCUT2D eigenvalue weighted by molar-refractivity contribution is -0.385. The summed E-state index contributed by atoms with van der Waals surface area (Å²) in [6, 6.07) is 4.00. The van der Waals surface area contributed by atoms with Gasteiger partial charge in [0.25, 0.3) is 5.69 Å². The third-order valence-corrected chi connectivity index (χ3v) is 2.51. The molecular formula is C8H4IN3O3. The highest BCUT2D eigenvalue weighted by Gasteiger charge is 2.18. The van der Waals surface area contributed by atoms with Gasteiger partial charge in [-0.05, 0) is 22.6 Å². The van der Waals surface area contributed by atoms with E-state index >= 15 is 0 Å². The van der Waals surface area contributed by atoms with Crippen LogP contribution in [0, 0.1) is 25.0 Å². The number of rotatable bonds is 2. The largest absolute Gasteiger partial charge is 0.366 e. The predicted octanol–water partition coefficient (Wildman–Crippen LogP) is 1.17. The molecule has 0 fully saturated rings. The lowest BCUT2D eigenvalue weighted by atomic mass is 10.1. The van der Waals surface area contributed by atoms with Crippen LogP contribution < -0.4 is 5.73 Å². The number of hydrogen-bond donors (Lipinski definition) is 1. The number of non-ortho nitro benzene ring substituents is 1. The number of nitro benzene ring substituents is 1. The molecule has 0 aliphatic carbocycles. The lowest BCUT2D eigenvalue weighted by Crippen LogP contribution is -2.14. The van der Waals surface area contributed by atoms with E-state index in [0.29, 0.717) is 3.57 Å². The molecule has 0 saturated heterocycles. The summed E-state index contributed by atoms with van der Waals surface area (Å²) in [4.78, 5) is 20.8. The van der Waals surface area contributed by atoms with E-state index in [1.165, 1.54) is 6.07 Å². The minimum atomic E-state index is -0.854. The van der Waals surface area contributed by atoms with Crippen LogP contribution in [0.15, 0.2) is 12.1 Å². The molecule has 0 atom stereocenters. The average molecular weight is 317 g/mol. The summed E-state index contributed by atoms with van der Waals surface area (Å²) >= 11 is 1.74. The molecule has 0 saturated carbocycles. The van der Waals surface area contributed by atoms with E-state index in [1.54, 1.807) is 28.7 Å². The molecule has 1 aromatic carbocycles. The van der Waals surface area contributed by atoms with Crippen LogP contribution in [0.25, 0.3) is 0 Å². The van der Waals surface area contributed by atoms with Gasteiger partial charge in [0.05, 0.1) is 16.1 Å². The van der Waals surface area contributed by atoms with Crippen molar-refractivity contribution in [3.8, 4) is 6.07 Å². The molecule has 0 bridgehead atoms. The van der Waals surface area contributed by atoms with Gasteiger partial charge in [-0.25, -0.2) is 0 Å². The zero-order valence-corrected chi connectivity index (χ0v) is 9.39. The zero-order valence-electron chi connectivity index (χ0n) is 7.23. The number of benzene rings is 1. The molecule has 0 spiro atoms. The van der Waals surface area contributed by atoms with Crippen LogP contribution in [0.3, 0.4) is 0 Å². The molecule has 0 aliphatic rings. The first-order valence-corrected chi connectivity index (χ1v) is 4.73. The number of nitrogens with two attached hydrogens (primary N) is 1. The van der Waals surface area contributed by atoms with E-state index in [9.17, 15) is 14.9 Å². The number of carbonyl (C=O) groups excluding carboxylic acids is 1. The Kier molecular flexibility index (Phi) is 3.21. The van der Waals surface area contributed by atoms with Gasteiger partial charge in [-0.1, -0.05) is 0 Å². The van der Waals surface area contributed by atoms with Crippen molar-refractivity contribution in [2.45, 2.75) is 0 Å². The van der Waals surface area contributed by atoms with Crippen molar-refractivity contribution in [3.05, 3.63) is 36.9 Å². The number of carbonyl (C=O) groups is 1. The van der Waals surface area contributed by atoms with E-state index < -0.39 is 10.8 Å². The molecule has 7 heteroatoms. The van der Waals surface area contributed by atoms with Gasteiger partial charge in [0.15, 0.2) is 0 Å². The molecule has 0 aliphatic heterocycles. The molecule has 1 rings (SSSR count). The Labute approximate surface area is 98.0 Å². The van der Waals surface area contributed by atoms with Gasteiger partial charge in [-0.3, -0.25) is 14.9 Å². The normalized spacial score (nSPS) is 9.33. The summed E-state index contributed by atoms with van der Waals surface area (Å²) in [5, 5.41) is 19.2. The second-order valence-corrected chi connectivity index (χ2v) is 3.75. The quantitative estimate of drug-likeness (QED) is 0.501. The highest BCUT2D eigenvalue weighted by atomic mass is 127. The summed E-state index contributed by atoms with van der Waals surface area (Å²) < 4.78 is 0.332. The molecular weight excluding hydrogens is 313 g/mol. The van der Waals surface area contributed by atoms with Crippen LogP contribution in [-0.2, 0) is 0 Å². The highest BCUT2D eigenvalue weighted by molar-refractivity contribution is 14.1. The Morgan fingerprint density at radius 3 is 2.60 bits per heavy atom. The van der Waals surface area contributed by atoms with Crippen LogP contribution in [0.4, 0.5) is 5.69 Å². The number of amides is 1. The maximum absolute atomic E-state index is 11.0. The number of halogens is 1. The molecule has 0 aromatic heterocycles. The topological polar surface area (TPSA) is 110 Å². The summed E-state index contributed by atoms with van der Waals surface area (Å²) in [6.07, 6.45) is 0. The lowest BCUT2D eigenvalue weighted by Gasteiger charge is -2.01. The standard InChI is InChI=1S/C8H4IN3O3/c9-7-2-4(12(14)15)1-5(8(11)13)6(7)3-10/h1-2H,(H2,11,13). The number of nitrogens with zero attached hydrogens (tertiary/aromatic N) is 2. The zero-order chi connectivity index (χ0) is 11.6. The van der Waals surface area contributed by atoms with Crippen LogP contribution in [0.1, 0.15) is 15.9 Å². The first-order chi connectivity index (χ1) is 6.97. The van der Waals surface area contributed by atoms with Crippen molar-refractivity contribution in [1.82, 2.24) is 0 Å². The van der Waals surface area contributed by atoms with Gasteiger partial charge in [0, 0.05) is 15.7 Å². The van der Waals surface area contributed by atoms with E-state index in [0.717, 1.165) is 6.07 Å². The second kappa shape index (κ2) is 4.22. The second-order valence-electron chi connectivity index (χ2n) is 2.58. The van der Waals surface area contributed by atoms with Crippen LogP contribution in [0.2, 0.25) is 0 Å². The Balaban J connectivity index is 3.54. The van der Waals surface area contributed by atoms with Gasteiger partial charge >= 0.3 is 0 Å². The van der Waals surface area contributed by atoms with Crippen LogP contribution >= 0.6 is 22.6 Å². The fourth-order valence-electron chi connectivity index (χ4n) is 1.01. The maximum Gasteiger partial charge on any atom is 0.271 e. The molecule has 1 aromatic rings. The van der Waals surface area contributed by atoms with Gasteiger partial charge in [0.1, 0.15) is 6.07 Å². The Bertz CT molecular complexity index is 493. The fraction of sp³-hybridized carbons (Fsp3) is 0. The number of primary amides is 1. The summed E-state index contributed by atoms with van der Waals surface area (Å²) in [7, 11) is 0. The maximum atomic E-state index is 11.0. The number of hydrogen-bond acceptors (Lipinski definition) is 4. The SMILES string of the molecule is N#Cc1c(I)cc([N+](=O)[O-])cc1C(N)=O. The van der Waals surface area contributed by atoms with Crippen molar-refractivity contribution >= 4 is 34.2 Å². The fourth-order valence-corrected chi connectivity index (χ4v) is 1.74. The number of nitro groups is 1. The smallest absolute Gasteiger partial charge is 0.271 e. The summed E-state index contributed by atoms with van der Waals surface area (Å²) in [5.74, 6) is -0.854. The third-order valence-electron chi connectivity index (χ3n) is 1.66. The number of nitriles is 1. The Morgan fingerprint density at radius 2 is 2.20 bits per heavy atom.